The summed E-state index contributed by atoms with van der Waals surface area (Å²) in [4.78, 5) is 44.0. The molecule has 1 atom stereocenters. The molecule has 4 aromatic rings. The van der Waals surface area contributed by atoms with Gasteiger partial charge in [-0.05, 0) is 53.8 Å². The highest BCUT2D eigenvalue weighted by atomic mass is 32.1. The highest BCUT2D eigenvalue weighted by Crippen LogP contribution is 2.30. The molecule has 1 aliphatic carbocycles. The number of imidazole rings is 1. The summed E-state index contributed by atoms with van der Waals surface area (Å²) in [5, 5.41) is 5.04. The van der Waals surface area contributed by atoms with Crippen molar-refractivity contribution in [1.82, 2.24) is 24.0 Å². The van der Waals surface area contributed by atoms with Gasteiger partial charge < -0.3 is 9.88 Å². The molecule has 0 bridgehead atoms. The number of amides is 1. The zero-order chi connectivity index (χ0) is 23.1. The molecule has 0 fully saturated rings. The maximum absolute atomic E-state index is 13.1. The van der Waals surface area contributed by atoms with Crippen LogP contribution in [0.4, 0.5) is 0 Å². The fraction of sp³-hybridized carbons (Fsp3) is 0.333. The van der Waals surface area contributed by atoms with Crippen LogP contribution in [-0.4, -0.2) is 24.6 Å². The zero-order valence-corrected chi connectivity index (χ0v) is 19.4. The molecule has 1 aromatic carbocycles. The van der Waals surface area contributed by atoms with Crippen LogP contribution in [-0.2, 0) is 38.3 Å². The monoisotopic (exact) mass is 463 g/mol. The second kappa shape index (κ2) is 8.47. The average Bonchev–Trinajstić information content (AvgIpc) is 3.49. The maximum atomic E-state index is 13.1. The number of carbonyl (C=O) groups is 1. The van der Waals surface area contributed by atoms with Gasteiger partial charge in [0.1, 0.15) is 6.54 Å². The number of fused-ring (bicyclic) bond motifs is 2. The first-order chi connectivity index (χ1) is 15.9. The molecule has 1 aliphatic rings. The Kier molecular flexibility index (Phi) is 5.49. The summed E-state index contributed by atoms with van der Waals surface area (Å²) >= 11 is 1.56. The van der Waals surface area contributed by atoms with Crippen LogP contribution >= 0.6 is 11.3 Å². The molecular formula is C24H25N5O3S. The smallest absolute Gasteiger partial charge is 0.332 e. The number of aromatic nitrogens is 4. The minimum absolute atomic E-state index is 0.286. The lowest BCUT2D eigenvalue weighted by atomic mass is 9.89. The molecule has 170 valence electrons. The molecule has 5 rings (SSSR count). The number of aryl methyl sites for hydroxylation is 4. The van der Waals surface area contributed by atoms with E-state index in [4.69, 9.17) is 0 Å². The first kappa shape index (κ1) is 21.4. The van der Waals surface area contributed by atoms with Crippen LogP contribution in [0.3, 0.4) is 0 Å². The molecule has 8 nitrogen and oxygen atoms in total. The van der Waals surface area contributed by atoms with Crippen molar-refractivity contribution >= 4 is 28.4 Å². The number of rotatable bonds is 5. The van der Waals surface area contributed by atoms with Gasteiger partial charge in [0.25, 0.3) is 5.56 Å². The van der Waals surface area contributed by atoms with Gasteiger partial charge in [0.2, 0.25) is 5.91 Å². The number of benzene rings is 1. The fourth-order valence-electron chi connectivity index (χ4n) is 4.59. The fourth-order valence-corrected chi connectivity index (χ4v) is 5.40. The van der Waals surface area contributed by atoms with Crippen LogP contribution in [0.5, 0.6) is 0 Å². The van der Waals surface area contributed by atoms with E-state index in [1.807, 2.05) is 17.5 Å². The average molecular weight is 464 g/mol. The normalized spacial score (nSPS) is 14.2. The SMILES string of the molecule is Cn1cnc2c1c(=O)n(CC(=O)N[C@H](c1ccc3c(c1)CCCC3)c1cccs1)c(=O)n2C. The summed E-state index contributed by atoms with van der Waals surface area (Å²) in [5.74, 6) is -0.396. The van der Waals surface area contributed by atoms with Crippen molar-refractivity contribution in [3.63, 3.8) is 0 Å². The van der Waals surface area contributed by atoms with E-state index >= 15 is 0 Å². The molecular weight excluding hydrogens is 438 g/mol. The Morgan fingerprint density at radius 2 is 1.94 bits per heavy atom. The molecule has 0 unspecified atom stereocenters. The van der Waals surface area contributed by atoms with Crippen molar-refractivity contribution in [1.29, 1.82) is 0 Å². The first-order valence-electron chi connectivity index (χ1n) is 11.0. The lowest BCUT2D eigenvalue weighted by Gasteiger charge is -2.22. The molecule has 1 amide bonds. The molecule has 3 heterocycles. The molecule has 3 aromatic heterocycles. The van der Waals surface area contributed by atoms with E-state index in [0.29, 0.717) is 5.65 Å². The van der Waals surface area contributed by atoms with Crippen molar-refractivity contribution in [3.05, 3.63) is 84.4 Å². The summed E-state index contributed by atoms with van der Waals surface area (Å²) in [5.41, 5.74) is 3.22. The standard InChI is InChI=1S/C24H25N5O3S/c1-27-14-25-22-21(27)23(31)29(24(32)28(22)2)13-19(30)26-20(18-8-5-11-33-18)17-10-9-15-6-3-4-7-16(15)12-17/h5,8-12,14,20H,3-4,6-7,13H2,1-2H3,(H,26,30)/t20-/m1/s1. The van der Waals surface area contributed by atoms with E-state index in [1.165, 1.54) is 34.9 Å². The Morgan fingerprint density at radius 1 is 1.15 bits per heavy atom. The Morgan fingerprint density at radius 3 is 2.70 bits per heavy atom. The summed E-state index contributed by atoms with van der Waals surface area (Å²) in [6, 6.07) is 10.0. The van der Waals surface area contributed by atoms with Gasteiger partial charge in [0.15, 0.2) is 11.2 Å². The Hall–Kier alpha value is -3.46. The van der Waals surface area contributed by atoms with Gasteiger partial charge in [-0.2, -0.15) is 0 Å². The number of carbonyl (C=O) groups excluding carboxylic acids is 1. The van der Waals surface area contributed by atoms with E-state index in [-0.39, 0.29) is 18.1 Å². The quantitative estimate of drug-likeness (QED) is 0.492. The number of hydrogen-bond acceptors (Lipinski definition) is 5. The van der Waals surface area contributed by atoms with Crippen LogP contribution < -0.4 is 16.6 Å². The van der Waals surface area contributed by atoms with Gasteiger partial charge in [-0.15, -0.1) is 11.3 Å². The second-order valence-electron chi connectivity index (χ2n) is 8.51. The highest BCUT2D eigenvalue weighted by molar-refractivity contribution is 7.10. The third-order valence-corrected chi connectivity index (χ3v) is 7.28. The third kappa shape index (κ3) is 3.82. The Labute approximate surface area is 194 Å². The van der Waals surface area contributed by atoms with Crippen molar-refractivity contribution in [2.45, 2.75) is 38.3 Å². The van der Waals surface area contributed by atoms with E-state index in [0.717, 1.165) is 27.8 Å². The zero-order valence-electron chi connectivity index (χ0n) is 18.6. The molecule has 9 heteroatoms. The van der Waals surface area contributed by atoms with Crippen LogP contribution in [0, 0.1) is 0 Å². The number of nitrogens with zero attached hydrogens (tertiary/aromatic N) is 4. The topological polar surface area (TPSA) is 90.9 Å². The Balaban J connectivity index is 1.48. The van der Waals surface area contributed by atoms with Crippen molar-refractivity contribution in [2.24, 2.45) is 14.1 Å². The summed E-state index contributed by atoms with van der Waals surface area (Å²) in [7, 11) is 3.24. The predicted molar refractivity (Wildman–Crippen MR) is 128 cm³/mol. The van der Waals surface area contributed by atoms with Crippen molar-refractivity contribution in [2.75, 3.05) is 0 Å². The number of nitrogens with one attached hydrogen (secondary N) is 1. The maximum Gasteiger partial charge on any atom is 0.332 e. The Bertz CT molecular complexity index is 1460. The van der Waals surface area contributed by atoms with Crippen LogP contribution in [0.15, 0.2) is 51.6 Å². The minimum Gasteiger partial charge on any atom is -0.343 e. The van der Waals surface area contributed by atoms with E-state index in [1.54, 1.807) is 30.0 Å². The molecule has 33 heavy (non-hydrogen) atoms. The van der Waals surface area contributed by atoms with Gasteiger partial charge in [0.05, 0.1) is 12.4 Å². The first-order valence-corrected chi connectivity index (χ1v) is 11.9. The van der Waals surface area contributed by atoms with Gasteiger partial charge in [0, 0.05) is 19.0 Å². The molecule has 1 N–H and O–H groups in total. The summed E-state index contributed by atoms with van der Waals surface area (Å²) in [6.45, 7) is -0.362. The van der Waals surface area contributed by atoms with Crippen LogP contribution in [0.25, 0.3) is 11.2 Å². The number of hydrogen-bond donors (Lipinski definition) is 1. The molecule has 0 saturated heterocycles. The van der Waals surface area contributed by atoms with E-state index in [9.17, 15) is 14.4 Å². The van der Waals surface area contributed by atoms with Crippen molar-refractivity contribution < 1.29 is 4.79 Å². The lowest BCUT2D eigenvalue weighted by Crippen LogP contribution is -2.44. The van der Waals surface area contributed by atoms with Gasteiger partial charge in [-0.25, -0.2) is 14.3 Å². The molecule has 0 saturated carbocycles. The van der Waals surface area contributed by atoms with Crippen molar-refractivity contribution in [3.8, 4) is 0 Å². The lowest BCUT2D eigenvalue weighted by molar-refractivity contribution is -0.122. The van der Waals surface area contributed by atoms with Crippen LogP contribution in [0.2, 0.25) is 0 Å². The van der Waals surface area contributed by atoms with E-state index < -0.39 is 17.2 Å². The minimum atomic E-state index is -0.567. The largest absolute Gasteiger partial charge is 0.343 e. The summed E-state index contributed by atoms with van der Waals surface area (Å²) in [6.07, 6.45) is 6.01. The van der Waals surface area contributed by atoms with Gasteiger partial charge in [-0.3, -0.25) is 14.2 Å². The molecule has 0 aliphatic heterocycles. The second-order valence-corrected chi connectivity index (χ2v) is 9.49. The van der Waals surface area contributed by atoms with Gasteiger partial charge in [-0.1, -0.05) is 24.3 Å². The molecule has 0 radical (unpaired) electrons. The van der Waals surface area contributed by atoms with Gasteiger partial charge >= 0.3 is 5.69 Å². The number of thiophene rings is 1. The summed E-state index contributed by atoms with van der Waals surface area (Å²) < 4.78 is 3.83. The predicted octanol–water partition coefficient (Wildman–Crippen LogP) is 2.28. The molecule has 0 spiro atoms. The van der Waals surface area contributed by atoms with Crippen LogP contribution in [0.1, 0.15) is 40.5 Å². The highest BCUT2D eigenvalue weighted by Gasteiger charge is 2.22. The van der Waals surface area contributed by atoms with E-state index in [2.05, 4.69) is 28.5 Å². The third-order valence-electron chi connectivity index (χ3n) is 6.34.